The van der Waals surface area contributed by atoms with Gasteiger partial charge in [0.05, 0.1) is 59.5 Å². The Kier molecular flexibility index (Phi) is 7.72. The van der Waals surface area contributed by atoms with Crippen LogP contribution in [0.3, 0.4) is 0 Å². The monoisotopic (exact) mass is 492 g/mol. The van der Waals surface area contributed by atoms with Gasteiger partial charge in [0.25, 0.3) is 0 Å². The molecule has 1 atom stereocenters. The number of hydrogen-bond donors (Lipinski definition) is 3. The minimum atomic E-state index is 0.392. The van der Waals surface area contributed by atoms with E-state index in [9.17, 15) is 0 Å². The van der Waals surface area contributed by atoms with E-state index in [-0.39, 0.29) is 0 Å². The van der Waals surface area contributed by atoms with Crippen molar-refractivity contribution in [2.75, 3.05) is 70.8 Å². The van der Waals surface area contributed by atoms with E-state index in [1.165, 1.54) is 12.1 Å². The van der Waals surface area contributed by atoms with E-state index in [1.54, 1.807) is 24.0 Å². The van der Waals surface area contributed by atoms with Gasteiger partial charge in [-0.1, -0.05) is 30.3 Å². The van der Waals surface area contributed by atoms with Crippen LogP contribution in [0.2, 0.25) is 0 Å². The number of aromatic nitrogens is 2. The van der Waals surface area contributed by atoms with Crippen molar-refractivity contribution in [3.63, 3.8) is 0 Å². The Morgan fingerprint density at radius 3 is 2.44 bits per heavy atom. The number of benzene rings is 2. The van der Waals surface area contributed by atoms with E-state index in [2.05, 4.69) is 47.6 Å². The lowest BCUT2D eigenvalue weighted by molar-refractivity contribution is -0.918. The molecule has 2 aromatic carbocycles. The van der Waals surface area contributed by atoms with E-state index in [0.717, 1.165) is 81.2 Å². The molecule has 192 valence electrons. The number of methoxy groups -OCH3 is 2. The fourth-order valence-corrected chi connectivity index (χ4v) is 5.45. The summed E-state index contributed by atoms with van der Waals surface area (Å²) in [6, 6.07) is 15.2. The summed E-state index contributed by atoms with van der Waals surface area (Å²) in [6.45, 7) is 7.63. The highest BCUT2D eigenvalue weighted by molar-refractivity contribution is 5.93. The molecule has 1 aromatic heterocycles. The molecular formula is C28H40N6O2+2. The lowest BCUT2D eigenvalue weighted by Crippen LogP contribution is -3.12. The third-order valence-electron chi connectivity index (χ3n) is 7.64. The van der Waals surface area contributed by atoms with Gasteiger partial charge in [-0.25, -0.2) is 4.98 Å². The molecular weight excluding hydrogens is 452 g/mol. The van der Waals surface area contributed by atoms with Crippen LogP contribution in [0, 0.1) is 0 Å². The van der Waals surface area contributed by atoms with Crippen molar-refractivity contribution in [3.05, 3.63) is 48.0 Å². The molecule has 0 radical (unpaired) electrons. The molecule has 8 heteroatoms. The van der Waals surface area contributed by atoms with E-state index >= 15 is 0 Å². The molecule has 0 amide bonds. The largest absolute Gasteiger partial charge is 0.493 e. The number of nitrogens with one attached hydrogen (secondary N) is 3. The summed E-state index contributed by atoms with van der Waals surface area (Å²) in [4.78, 5) is 15.6. The molecule has 0 spiro atoms. The summed E-state index contributed by atoms with van der Waals surface area (Å²) >= 11 is 0. The zero-order valence-electron chi connectivity index (χ0n) is 21.8. The number of hydrogen-bond acceptors (Lipinski definition) is 6. The average molecular weight is 493 g/mol. The van der Waals surface area contributed by atoms with Crippen LogP contribution >= 0.6 is 0 Å². The summed E-state index contributed by atoms with van der Waals surface area (Å²) in [5.74, 6) is 3.10. The van der Waals surface area contributed by atoms with Gasteiger partial charge in [0.15, 0.2) is 11.5 Å². The van der Waals surface area contributed by atoms with E-state index < -0.39 is 0 Å². The van der Waals surface area contributed by atoms with Crippen molar-refractivity contribution < 1.29 is 19.3 Å². The number of quaternary nitrogens is 2. The van der Waals surface area contributed by atoms with Crippen LogP contribution in [-0.2, 0) is 6.54 Å². The first kappa shape index (κ1) is 24.6. The number of likely N-dealkylation sites (N-methyl/N-ethyl adjacent to an activating group) is 1. The van der Waals surface area contributed by atoms with Crippen molar-refractivity contribution in [2.45, 2.75) is 31.8 Å². The van der Waals surface area contributed by atoms with E-state index in [0.29, 0.717) is 17.5 Å². The number of ether oxygens (including phenoxy) is 2. The smallest absolute Gasteiger partial charge is 0.228 e. The van der Waals surface area contributed by atoms with Crippen LogP contribution in [0.1, 0.15) is 24.8 Å². The number of anilines is 2. The van der Waals surface area contributed by atoms with Gasteiger partial charge >= 0.3 is 0 Å². The van der Waals surface area contributed by atoms with Gasteiger partial charge < -0.3 is 29.5 Å². The zero-order valence-corrected chi connectivity index (χ0v) is 21.8. The molecule has 3 aromatic rings. The summed E-state index contributed by atoms with van der Waals surface area (Å²) < 4.78 is 11.2. The standard InChI is InChI=1S/C28H38N6O2/c1-32-12-7-13-34(17-16-32)28-30-24-19-26(36-3)25(35-2)18-23(24)27(31-28)29-22-10-14-33(15-11-22)20-21-8-5-4-6-9-21/h4-6,8-9,18-19,22H,7,10-17,20H2,1-3H3,(H,29,30,31)/p+2. The first-order valence-electron chi connectivity index (χ1n) is 13.3. The highest BCUT2D eigenvalue weighted by atomic mass is 16.5. The predicted octanol–water partition coefficient (Wildman–Crippen LogP) is 1.03. The second kappa shape index (κ2) is 11.3. The number of rotatable bonds is 7. The Balaban J connectivity index is 1.38. The van der Waals surface area contributed by atoms with Crippen LogP contribution in [0.4, 0.5) is 11.8 Å². The molecule has 36 heavy (non-hydrogen) atoms. The first-order chi connectivity index (χ1) is 17.6. The number of nitrogens with zero attached hydrogens (tertiary/aromatic N) is 3. The quantitative estimate of drug-likeness (QED) is 0.458. The maximum absolute atomic E-state index is 5.61. The SMILES string of the molecule is COc1cc2nc(N3CCC[NH+](C)CC3)nc(NC3CC[NH+](Cc4ccccc4)CC3)c2cc1OC. The Bertz CT molecular complexity index is 1150. The highest BCUT2D eigenvalue weighted by Gasteiger charge is 2.25. The van der Waals surface area contributed by atoms with Crippen LogP contribution in [0.25, 0.3) is 10.9 Å². The number of fused-ring (bicyclic) bond motifs is 1. The van der Waals surface area contributed by atoms with Crippen molar-refractivity contribution in [3.8, 4) is 11.5 Å². The second-order valence-corrected chi connectivity index (χ2v) is 10.2. The molecule has 0 bridgehead atoms. The lowest BCUT2D eigenvalue weighted by atomic mass is 10.0. The molecule has 2 fully saturated rings. The Morgan fingerprint density at radius 2 is 1.69 bits per heavy atom. The molecule has 2 saturated heterocycles. The summed E-state index contributed by atoms with van der Waals surface area (Å²) in [5, 5.41) is 4.79. The zero-order chi connectivity index (χ0) is 24.9. The topological polar surface area (TPSA) is 68.4 Å². The van der Waals surface area contributed by atoms with Gasteiger partial charge in [0.2, 0.25) is 5.95 Å². The predicted molar refractivity (Wildman–Crippen MR) is 144 cm³/mol. The Morgan fingerprint density at radius 1 is 0.944 bits per heavy atom. The maximum Gasteiger partial charge on any atom is 0.228 e. The van der Waals surface area contributed by atoms with Crippen molar-refractivity contribution >= 4 is 22.7 Å². The summed E-state index contributed by atoms with van der Waals surface area (Å²) in [6.07, 6.45) is 3.38. The lowest BCUT2D eigenvalue weighted by Gasteiger charge is -2.30. The molecule has 8 nitrogen and oxygen atoms in total. The van der Waals surface area contributed by atoms with Gasteiger partial charge in [0.1, 0.15) is 12.4 Å². The van der Waals surface area contributed by atoms with E-state index in [4.69, 9.17) is 19.4 Å². The van der Waals surface area contributed by atoms with Crippen LogP contribution < -0.4 is 29.5 Å². The molecule has 5 rings (SSSR count). The third kappa shape index (κ3) is 5.65. The maximum atomic E-state index is 5.61. The van der Waals surface area contributed by atoms with Gasteiger partial charge in [0, 0.05) is 48.9 Å². The van der Waals surface area contributed by atoms with Gasteiger partial charge in [-0.3, -0.25) is 0 Å². The minimum Gasteiger partial charge on any atom is -0.493 e. The van der Waals surface area contributed by atoms with Crippen LogP contribution in [-0.4, -0.2) is 76.5 Å². The van der Waals surface area contributed by atoms with Gasteiger partial charge in [-0.15, -0.1) is 0 Å². The van der Waals surface area contributed by atoms with Crippen molar-refractivity contribution in [1.29, 1.82) is 0 Å². The highest BCUT2D eigenvalue weighted by Crippen LogP contribution is 2.35. The summed E-state index contributed by atoms with van der Waals surface area (Å²) in [7, 11) is 5.61. The first-order valence-corrected chi connectivity index (χ1v) is 13.3. The van der Waals surface area contributed by atoms with Crippen LogP contribution in [0.5, 0.6) is 11.5 Å². The van der Waals surface area contributed by atoms with Crippen LogP contribution in [0.15, 0.2) is 42.5 Å². The Hall–Kier alpha value is -3.10. The summed E-state index contributed by atoms with van der Waals surface area (Å²) in [5.41, 5.74) is 2.30. The van der Waals surface area contributed by atoms with Gasteiger partial charge in [-0.05, 0) is 6.07 Å². The normalized spacial score (nSPS) is 22.8. The van der Waals surface area contributed by atoms with E-state index in [1.807, 2.05) is 12.1 Å². The number of piperidine rings is 1. The molecule has 2 aliphatic heterocycles. The molecule has 2 aliphatic rings. The third-order valence-corrected chi connectivity index (χ3v) is 7.64. The minimum absolute atomic E-state index is 0.392. The average Bonchev–Trinajstić information content (AvgIpc) is 3.14. The molecule has 3 heterocycles. The number of likely N-dealkylation sites (tertiary alicyclic amines) is 1. The van der Waals surface area contributed by atoms with Crippen molar-refractivity contribution in [2.24, 2.45) is 0 Å². The molecule has 3 N–H and O–H groups in total. The molecule has 1 unspecified atom stereocenters. The van der Waals surface area contributed by atoms with Gasteiger partial charge in [-0.2, -0.15) is 4.98 Å². The molecule has 0 aliphatic carbocycles. The van der Waals surface area contributed by atoms with Crippen molar-refractivity contribution in [1.82, 2.24) is 9.97 Å². The fourth-order valence-electron chi connectivity index (χ4n) is 5.45. The Labute approximate surface area is 214 Å². The second-order valence-electron chi connectivity index (χ2n) is 10.2. The fraction of sp³-hybridized carbons (Fsp3) is 0.500. The molecule has 0 saturated carbocycles.